The van der Waals surface area contributed by atoms with E-state index in [-0.39, 0.29) is 0 Å². The molecule has 1 aromatic rings. The van der Waals surface area contributed by atoms with Crippen LogP contribution < -0.4 is 0 Å². The number of rotatable bonds is 6. The third-order valence-electron chi connectivity index (χ3n) is 5.45. The van der Waals surface area contributed by atoms with Gasteiger partial charge in [-0.3, -0.25) is 9.80 Å². The number of hydrogen-bond donors (Lipinski definition) is 2. The van der Waals surface area contributed by atoms with E-state index in [0.29, 0.717) is 18.6 Å². The van der Waals surface area contributed by atoms with Crippen molar-refractivity contribution >= 4 is 0 Å². The maximum atomic E-state index is 9.25. The van der Waals surface area contributed by atoms with Gasteiger partial charge in [0.15, 0.2) is 0 Å². The van der Waals surface area contributed by atoms with Crippen molar-refractivity contribution in [3.63, 3.8) is 0 Å². The fourth-order valence-electron chi connectivity index (χ4n) is 4.11. The first-order chi connectivity index (χ1) is 11.3. The molecule has 0 unspecified atom stereocenters. The zero-order chi connectivity index (χ0) is 16.1. The van der Waals surface area contributed by atoms with Gasteiger partial charge in [0.05, 0.1) is 6.54 Å². The van der Waals surface area contributed by atoms with Crippen LogP contribution in [0.25, 0.3) is 0 Å². The molecule has 6 heteroatoms. The van der Waals surface area contributed by atoms with Crippen molar-refractivity contribution < 1.29 is 5.11 Å². The lowest BCUT2D eigenvalue weighted by Crippen LogP contribution is -2.56. The van der Waals surface area contributed by atoms with Crippen molar-refractivity contribution in [1.29, 1.82) is 0 Å². The van der Waals surface area contributed by atoms with Crippen LogP contribution in [0.1, 0.15) is 25.1 Å². The van der Waals surface area contributed by atoms with E-state index < -0.39 is 0 Å². The topological polar surface area (TPSA) is 58.6 Å². The lowest BCUT2D eigenvalue weighted by molar-refractivity contribution is 0.0205. The van der Waals surface area contributed by atoms with Gasteiger partial charge in [-0.1, -0.05) is 0 Å². The number of aliphatic hydroxyl groups excluding tert-OH is 1. The van der Waals surface area contributed by atoms with Crippen molar-refractivity contribution in [1.82, 2.24) is 24.7 Å². The maximum Gasteiger partial charge on any atom is 0.120 e. The molecule has 2 atom stereocenters. The highest BCUT2D eigenvalue weighted by molar-refractivity contribution is 4.92. The first-order valence-corrected chi connectivity index (χ1v) is 9.00. The number of aromatic nitrogens is 2. The molecule has 0 amide bonds. The average molecular weight is 321 g/mol. The Hall–Kier alpha value is -0.950. The van der Waals surface area contributed by atoms with Crippen LogP contribution in [-0.4, -0.2) is 88.7 Å². The first kappa shape index (κ1) is 16.9. The van der Waals surface area contributed by atoms with Gasteiger partial charge in [-0.05, 0) is 32.2 Å². The number of nitrogens with zero attached hydrogens (tertiary/aromatic N) is 4. The van der Waals surface area contributed by atoms with Crippen molar-refractivity contribution in [3.05, 3.63) is 18.2 Å². The molecule has 2 aliphatic rings. The van der Waals surface area contributed by atoms with E-state index in [1.165, 1.54) is 32.6 Å². The van der Waals surface area contributed by atoms with Crippen LogP contribution in [-0.2, 0) is 6.54 Å². The number of hydrogen-bond acceptors (Lipinski definition) is 5. The van der Waals surface area contributed by atoms with Crippen molar-refractivity contribution in [2.45, 2.75) is 31.8 Å². The Morgan fingerprint density at radius 1 is 1.26 bits per heavy atom. The van der Waals surface area contributed by atoms with Gasteiger partial charge >= 0.3 is 0 Å². The first-order valence-electron chi connectivity index (χ1n) is 9.00. The van der Waals surface area contributed by atoms with Crippen LogP contribution in [0.4, 0.5) is 0 Å². The number of aliphatic hydroxyl groups is 1. The molecule has 2 saturated heterocycles. The average Bonchev–Trinajstić information content (AvgIpc) is 3.07. The number of likely N-dealkylation sites (N-methyl/N-ethyl adjacent to an activating group) is 1. The number of piperazine rings is 1. The highest BCUT2D eigenvalue weighted by Gasteiger charge is 2.34. The molecule has 23 heavy (non-hydrogen) atoms. The molecule has 0 saturated carbocycles. The van der Waals surface area contributed by atoms with E-state index in [0.717, 1.165) is 38.3 Å². The quantitative estimate of drug-likeness (QED) is 0.804. The van der Waals surface area contributed by atoms with Gasteiger partial charge in [0, 0.05) is 64.3 Å². The predicted molar refractivity (Wildman–Crippen MR) is 91.1 cm³/mol. The standard InChI is InChI=1S/C17H31N5O/c1-20-8-10-22(11-9-20)16-4-7-21(13-15(16)3-2-12-23)14-17-18-5-6-19-17/h5-6,15-16,23H,2-4,7-14H2,1H3,(H,18,19)/t15-,16+/m1/s1. The number of imidazole rings is 1. The number of H-pyrrole nitrogens is 1. The molecule has 2 aliphatic heterocycles. The van der Waals surface area contributed by atoms with E-state index in [4.69, 9.17) is 0 Å². The summed E-state index contributed by atoms with van der Waals surface area (Å²) in [7, 11) is 2.21. The number of nitrogens with one attached hydrogen (secondary N) is 1. The normalized spacial score (nSPS) is 28.3. The molecule has 1 aromatic heterocycles. The molecule has 0 aliphatic carbocycles. The molecular weight excluding hydrogens is 290 g/mol. The summed E-state index contributed by atoms with van der Waals surface area (Å²) in [6.07, 6.45) is 7.01. The molecule has 3 heterocycles. The summed E-state index contributed by atoms with van der Waals surface area (Å²) >= 11 is 0. The Morgan fingerprint density at radius 2 is 2.09 bits per heavy atom. The monoisotopic (exact) mass is 321 g/mol. The minimum Gasteiger partial charge on any atom is -0.396 e. The van der Waals surface area contributed by atoms with Gasteiger partial charge in [0.1, 0.15) is 5.82 Å². The lowest BCUT2D eigenvalue weighted by atomic mass is 9.86. The fourth-order valence-corrected chi connectivity index (χ4v) is 4.11. The van der Waals surface area contributed by atoms with Crippen molar-refractivity contribution in [2.75, 3.05) is 52.9 Å². The Kier molecular flexibility index (Phi) is 6.05. The molecule has 3 rings (SSSR count). The van der Waals surface area contributed by atoms with E-state index in [9.17, 15) is 5.11 Å². The molecule has 6 nitrogen and oxygen atoms in total. The van der Waals surface area contributed by atoms with Crippen LogP contribution >= 0.6 is 0 Å². The summed E-state index contributed by atoms with van der Waals surface area (Å²) in [6, 6.07) is 0.683. The van der Waals surface area contributed by atoms with Gasteiger partial charge in [0.25, 0.3) is 0 Å². The second-order valence-corrected chi connectivity index (χ2v) is 7.09. The number of aromatic amines is 1. The van der Waals surface area contributed by atoms with Gasteiger partial charge in [-0.25, -0.2) is 4.98 Å². The highest BCUT2D eigenvalue weighted by Crippen LogP contribution is 2.27. The van der Waals surface area contributed by atoms with Gasteiger partial charge < -0.3 is 15.0 Å². The van der Waals surface area contributed by atoms with Crippen LogP contribution in [0.15, 0.2) is 12.4 Å². The molecule has 0 spiro atoms. The van der Waals surface area contributed by atoms with Gasteiger partial charge in [-0.2, -0.15) is 0 Å². The second-order valence-electron chi connectivity index (χ2n) is 7.09. The summed E-state index contributed by atoms with van der Waals surface area (Å²) in [5, 5.41) is 9.25. The van der Waals surface area contributed by atoms with E-state index in [1.54, 1.807) is 0 Å². The van der Waals surface area contributed by atoms with Crippen molar-refractivity contribution in [3.8, 4) is 0 Å². The number of piperidine rings is 1. The molecule has 0 bridgehead atoms. The molecule has 2 fully saturated rings. The third kappa shape index (κ3) is 4.53. The summed E-state index contributed by atoms with van der Waals surface area (Å²) in [4.78, 5) is 15.2. The lowest BCUT2D eigenvalue weighted by Gasteiger charge is -2.46. The predicted octanol–water partition coefficient (Wildman–Crippen LogP) is 0.620. The third-order valence-corrected chi connectivity index (χ3v) is 5.45. The molecule has 0 aromatic carbocycles. The Balaban J connectivity index is 1.59. The Morgan fingerprint density at radius 3 is 2.78 bits per heavy atom. The second kappa shape index (κ2) is 8.24. The minimum atomic E-state index is 0.310. The van der Waals surface area contributed by atoms with Crippen LogP contribution in [0.3, 0.4) is 0 Å². The fraction of sp³-hybridized carbons (Fsp3) is 0.824. The summed E-state index contributed by atoms with van der Waals surface area (Å²) < 4.78 is 0. The SMILES string of the molecule is CN1CCN([C@H]2CCN(Cc3ncc[nH]3)C[C@H]2CCCO)CC1. The van der Waals surface area contributed by atoms with E-state index in [2.05, 4.69) is 31.7 Å². The Bertz CT molecular complexity index is 444. The van der Waals surface area contributed by atoms with Crippen molar-refractivity contribution in [2.24, 2.45) is 5.92 Å². The maximum absolute atomic E-state index is 9.25. The van der Waals surface area contributed by atoms with Crippen LogP contribution in [0.5, 0.6) is 0 Å². The molecule has 0 radical (unpaired) electrons. The summed E-state index contributed by atoms with van der Waals surface area (Å²) in [5.41, 5.74) is 0. The van der Waals surface area contributed by atoms with Gasteiger partial charge in [0.2, 0.25) is 0 Å². The van der Waals surface area contributed by atoms with E-state index in [1.807, 2.05) is 12.4 Å². The zero-order valence-corrected chi connectivity index (χ0v) is 14.3. The smallest absolute Gasteiger partial charge is 0.120 e. The van der Waals surface area contributed by atoms with E-state index >= 15 is 0 Å². The highest BCUT2D eigenvalue weighted by atomic mass is 16.2. The zero-order valence-electron chi connectivity index (χ0n) is 14.3. The minimum absolute atomic E-state index is 0.310. The Labute approximate surface area is 139 Å². The molecule has 2 N–H and O–H groups in total. The summed E-state index contributed by atoms with van der Waals surface area (Å²) in [6.45, 7) is 8.23. The van der Waals surface area contributed by atoms with Gasteiger partial charge in [-0.15, -0.1) is 0 Å². The molecular formula is C17H31N5O. The molecule has 130 valence electrons. The van der Waals surface area contributed by atoms with Crippen LogP contribution in [0.2, 0.25) is 0 Å². The summed E-state index contributed by atoms with van der Waals surface area (Å²) in [5.74, 6) is 1.72. The largest absolute Gasteiger partial charge is 0.396 e. The number of likely N-dealkylation sites (tertiary alicyclic amines) is 1. The van der Waals surface area contributed by atoms with Crippen LogP contribution in [0, 0.1) is 5.92 Å².